The van der Waals surface area contributed by atoms with Crippen molar-refractivity contribution in [2.24, 2.45) is 0 Å². The van der Waals surface area contributed by atoms with Gasteiger partial charge in [0.15, 0.2) is 0 Å². The fraction of sp³-hybridized carbons (Fsp3) is 0.167. The standard InChI is InChI=1S/C12H12N2O2/c1-16-12-13-6-11(7-14-12)10-4-2-3-9(5-10)8-15/h2-7,15H,8H2,1H3. The van der Waals surface area contributed by atoms with Crippen LogP contribution in [0.15, 0.2) is 36.7 Å². The van der Waals surface area contributed by atoms with Crippen molar-refractivity contribution in [3.63, 3.8) is 0 Å². The van der Waals surface area contributed by atoms with Gasteiger partial charge in [0, 0.05) is 18.0 Å². The fourth-order valence-electron chi connectivity index (χ4n) is 1.42. The lowest BCUT2D eigenvalue weighted by molar-refractivity contribution is 0.282. The molecule has 2 aromatic rings. The van der Waals surface area contributed by atoms with E-state index in [1.807, 2.05) is 24.3 Å². The van der Waals surface area contributed by atoms with Gasteiger partial charge in [0.1, 0.15) is 0 Å². The second kappa shape index (κ2) is 4.72. The summed E-state index contributed by atoms with van der Waals surface area (Å²) in [6, 6.07) is 7.97. The smallest absolute Gasteiger partial charge is 0.316 e. The molecule has 16 heavy (non-hydrogen) atoms. The molecule has 0 saturated heterocycles. The zero-order chi connectivity index (χ0) is 11.4. The lowest BCUT2D eigenvalue weighted by Gasteiger charge is -2.03. The van der Waals surface area contributed by atoms with E-state index in [0.717, 1.165) is 16.7 Å². The number of nitrogens with zero attached hydrogens (tertiary/aromatic N) is 2. The first-order valence-corrected chi connectivity index (χ1v) is 4.89. The van der Waals surface area contributed by atoms with E-state index in [1.54, 1.807) is 12.4 Å². The minimum absolute atomic E-state index is 0.0326. The number of hydrogen-bond donors (Lipinski definition) is 1. The van der Waals surface area contributed by atoms with Crippen molar-refractivity contribution in [2.45, 2.75) is 6.61 Å². The molecule has 4 heteroatoms. The average Bonchev–Trinajstić information content (AvgIpc) is 2.39. The molecular weight excluding hydrogens is 204 g/mol. The average molecular weight is 216 g/mol. The third kappa shape index (κ3) is 2.17. The molecule has 1 heterocycles. The molecule has 0 aliphatic carbocycles. The molecule has 0 aliphatic rings. The molecule has 2 rings (SSSR count). The zero-order valence-electron chi connectivity index (χ0n) is 8.92. The molecule has 0 aliphatic heterocycles. The van der Waals surface area contributed by atoms with Crippen molar-refractivity contribution in [1.29, 1.82) is 0 Å². The summed E-state index contributed by atoms with van der Waals surface area (Å²) in [6.07, 6.45) is 3.39. The van der Waals surface area contributed by atoms with Crippen molar-refractivity contribution in [2.75, 3.05) is 7.11 Å². The third-order valence-corrected chi connectivity index (χ3v) is 2.25. The van der Waals surface area contributed by atoms with Gasteiger partial charge in [-0.15, -0.1) is 0 Å². The number of rotatable bonds is 3. The molecule has 1 N–H and O–H groups in total. The molecule has 0 unspecified atom stereocenters. The van der Waals surface area contributed by atoms with Gasteiger partial charge in [0.25, 0.3) is 0 Å². The Labute approximate surface area is 93.6 Å². The normalized spacial score (nSPS) is 10.1. The lowest BCUT2D eigenvalue weighted by Crippen LogP contribution is -1.92. The van der Waals surface area contributed by atoms with Gasteiger partial charge in [-0.1, -0.05) is 18.2 Å². The van der Waals surface area contributed by atoms with Crippen LogP contribution in [0.5, 0.6) is 6.01 Å². The second-order valence-corrected chi connectivity index (χ2v) is 3.32. The topological polar surface area (TPSA) is 55.2 Å². The van der Waals surface area contributed by atoms with E-state index in [1.165, 1.54) is 7.11 Å². The summed E-state index contributed by atoms with van der Waals surface area (Å²) in [5.74, 6) is 0. The summed E-state index contributed by atoms with van der Waals surface area (Å²) in [5, 5.41) is 9.04. The molecule has 0 fully saturated rings. The first kappa shape index (κ1) is 10.6. The van der Waals surface area contributed by atoms with Crippen molar-refractivity contribution in [1.82, 2.24) is 9.97 Å². The van der Waals surface area contributed by atoms with Crippen LogP contribution in [0.1, 0.15) is 5.56 Å². The number of benzene rings is 1. The number of aromatic nitrogens is 2. The van der Waals surface area contributed by atoms with Crippen LogP contribution in [0.2, 0.25) is 0 Å². The van der Waals surface area contributed by atoms with E-state index in [0.29, 0.717) is 6.01 Å². The Morgan fingerprint density at radius 3 is 2.56 bits per heavy atom. The van der Waals surface area contributed by atoms with E-state index in [4.69, 9.17) is 9.84 Å². The second-order valence-electron chi connectivity index (χ2n) is 3.32. The summed E-state index contributed by atoms with van der Waals surface area (Å²) in [5.41, 5.74) is 2.75. The first-order valence-electron chi connectivity index (χ1n) is 4.89. The number of methoxy groups -OCH3 is 1. The zero-order valence-corrected chi connectivity index (χ0v) is 8.92. The summed E-state index contributed by atoms with van der Waals surface area (Å²) < 4.78 is 4.89. The van der Waals surface area contributed by atoms with Crippen LogP contribution in [0.3, 0.4) is 0 Å². The highest BCUT2D eigenvalue weighted by Gasteiger charge is 2.01. The molecule has 0 saturated carbocycles. The summed E-state index contributed by atoms with van der Waals surface area (Å²) >= 11 is 0. The number of hydrogen-bond acceptors (Lipinski definition) is 4. The Bertz CT molecular complexity index is 469. The van der Waals surface area contributed by atoms with Gasteiger partial charge in [-0.25, -0.2) is 9.97 Å². The van der Waals surface area contributed by atoms with Gasteiger partial charge in [-0.3, -0.25) is 0 Å². The highest BCUT2D eigenvalue weighted by atomic mass is 16.5. The number of aliphatic hydroxyl groups excluding tert-OH is 1. The Morgan fingerprint density at radius 2 is 1.94 bits per heavy atom. The van der Waals surface area contributed by atoms with Gasteiger partial charge >= 0.3 is 6.01 Å². The van der Waals surface area contributed by atoms with Gasteiger partial charge in [0.2, 0.25) is 0 Å². The molecule has 1 aromatic carbocycles. The largest absolute Gasteiger partial charge is 0.467 e. The van der Waals surface area contributed by atoms with Gasteiger partial charge < -0.3 is 9.84 Å². The van der Waals surface area contributed by atoms with Crippen molar-refractivity contribution >= 4 is 0 Å². The van der Waals surface area contributed by atoms with E-state index in [9.17, 15) is 0 Å². The molecular formula is C12H12N2O2. The fourth-order valence-corrected chi connectivity index (χ4v) is 1.42. The molecule has 0 bridgehead atoms. The van der Waals surface area contributed by atoms with Gasteiger partial charge in [0.05, 0.1) is 13.7 Å². The van der Waals surface area contributed by atoms with Crippen LogP contribution in [-0.4, -0.2) is 22.2 Å². The Morgan fingerprint density at radius 1 is 1.19 bits per heavy atom. The Hall–Kier alpha value is -1.94. The van der Waals surface area contributed by atoms with Crippen LogP contribution in [0.4, 0.5) is 0 Å². The number of ether oxygens (including phenoxy) is 1. The van der Waals surface area contributed by atoms with Crippen molar-refractivity contribution in [3.8, 4) is 17.1 Å². The minimum atomic E-state index is 0.0326. The van der Waals surface area contributed by atoms with Crippen LogP contribution in [0, 0.1) is 0 Å². The van der Waals surface area contributed by atoms with Crippen molar-refractivity contribution in [3.05, 3.63) is 42.2 Å². The van der Waals surface area contributed by atoms with E-state index >= 15 is 0 Å². The number of aliphatic hydroxyl groups is 1. The molecule has 4 nitrogen and oxygen atoms in total. The maximum atomic E-state index is 9.04. The van der Waals surface area contributed by atoms with E-state index < -0.39 is 0 Å². The predicted octanol–water partition coefficient (Wildman–Crippen LogP) is 1.64. The SMILES string of the molecule is COc1ncc(-c2cccc(CO)c2)cn1. The molecule has 0 radical (unpaired) electrons. The Balaban J connectivity index is 2.34. The van der Waals surface area contributed by atoms with Crippen LogP contribution >= 0.6 is 0 Å². The summed E-state index contributed by atoms with van der Waals surface area (Å²) in [6.45, 7) is 0.0326. The molecule has 0 spiro atoms. The van der Waals surface area contributed by atoms with E-state index in [2.05, 4.69) is 9.97 Å². The van der Waals surface area contributed by atoms with Crippen molar-refractivity contribution < 1.29 is 9.84 Å². The summed E-state index contributed by atoms with van der Waals surface area (Å²) in [4.78, 5) is 8.07. The quantitative estimate of drug-likeness (QED) is 0.847. The molecule has 1 aromatic heterocycles. The maximum absolute atomic E-state index is 9.04. The van der Waals surface area contributed by atoms with Crippen LogP contribution in [-0.2, 0) is 6.61 Å². The van der Waals surface area contributed by atoms with E-state index in [-0.39, 0.29) is 6.61 Å². The Kier molecular flexibility index (Phi) is 3.12. The third-order valence-electron chi connectivity index (χ3n) is 2.25. The first-order chi connectivity index (χ1) is 7.83. The predicted molar refractivity (Wildman–Crippen MR) is 59.9 cm³/mol. The van der Waals surface area contributed by atoms with Crippen LogP contribution in [0.25, 0.3) is 11.1 Å². The monoisotopic (exact) mass is 216 g/mol. The molecule has 0 atom stereocenters. The summed E-state index contributed by atoms with van der Waals surface area (Å²) in [7, 11) is 1.53. The molecule has 82 valence electrons. The van der Waals surface area contributed by atoms with Gasteiger partial charge in [-0.05, 0) is 17.2 Å². The highest BCUT2D eigenvalue weighted by Crippen LogP contribution is 2.19. The minimum Gasteiger partial charge on any atom is -0.467 e. The van der Waals surface area contributed by atoms with Gasteiger partial charge in [-0.2, -0.15) is 0 Å². The lowest BCUT2D eigenvalue weighted by atomic mass is 10.1. The molecule has 0 amide bonds. The van der Waals surface area contributed by atoms with Crippen LogP contribution < -0.4 is 4.74 Å². The maximum Gasteiger partial charge on any atom is 0.316 e. The highest BCUT2D eigenvalue weighted by molar-refractivity contribution is 5.62.